The van der Waals surface area contributed by atoms with Gasteiger partial charge in [-0.05, 0) is 67.6 Å². The van der Waals surface area contributed by atoms with E-state index in [1.165, 1.54) is 0 Å². The Kier molecular flexibility index (Phi) is 8.36. The van der Waals surface area contributed by atoms with Crippen molar-refractivity contribution in [1.82, 2.24) is 4.90 Å². The molecule has 3 aromatic carbocycles. The first kappa shape index (κ1) is 24.7. The van der Waals surface area contributed by atoms with Crippen LogP contribution in [0, 0.1) is 6.92 Å². The monoisotopic (exact) mass is 492 g/mol. The maximum atomic E-state index is 13.2. The van der Waals surface area contributed by atoms with Gasteiger partial charge in [0.1, 0.15) is 0 Å². The van der Waals surface area contributed by atoms with Crippen molar-refractivity contribution in [3.63, 3.8) is 0 Å². The Labute approximate surface area is 210 Å². The predicted molar refractivity (Wildman–Crippen MR) is 141 cm³/mol. The summed E-state index contributed by atoms with van der Waals surface area (Å²) in [7, 11) is 0. The summed E-state index contributed by atoms with van der Waals surface area (Å²) in [5.74, 6) is -0.203. The number of hydrogen-bond donors (Lipinski definition) is 2. The van der Waals surface area contributed by atoms with Gasteiger partial charge < -0.3 is 15.4 Å². The van der Waals surface area contributed by atoms with E-state index in [1.54, 1.807) is 53.4 Å². The predicted octanol–water partition coefficient (Wildman–Crippen LogP) is 5.27. The highest BCUT2D eigenvalue weighted by atomic mass is 35.5. The number of nitrogens with zero attached hydrogens (tertiary/aromatic N) is 2. The van der Waals surface area contributed by atoms with Gasteiger partial charge in [0.05, 0.1) is 13.2 Å². The van der Waals surface area contributed by atoms with Crippen LogP contribution in [0.25, 0.3) is 0 Å². The average molecular weight is 493 g/mol. The summed E-state index contributed by atoms with van der Waals surface area (Å²) in [4.78, 5) is 29.9. The number of amides is 3. The zero-order chi connectivity index (χ0) is 24.6. The van der Waals surface area contributed by atoms with E-state index in [4.69, 9.17) is 16.3 Å². The molecule has 1 aliphatic heterocycles. The van der Waals surface area contributed by atoms with Crippen molar-refractivity contribution in [1.29, 1.82) is 0 Å². The van der Waals surface area contributed by atoms with E-state index in [-0.39, 0.29) is 11.9 Å². The maximum absolute atomic E-state index is 13.2. The summed E-state index contributed by atoms with van der Waals surface area (Å²) in [6.45, 7) is 6.28. The number of halogens is 1. The highest BCUT2D eigenvalue weighted by Crippen LogP contribution is 2.20. The van der Waals surface area contributed by atoms with Crippen molar-refractivity contribution >= 4 is 40.6 Å². The number of morpholine rings is 1. The zero-order valence-corrected chi connectivity index (χ0v) is 20.4. The largest absolute Gasteiger partial charge is 0.379 e. The molecule has 3 aromatic rings. The number of ether oxygens (including phenoxy) is 1. The van der Waals surface area contributed by atoms with Gasteiger partial charge >= 0.3 is 6.03 Å². The van der Waals surface area contributed by atoms with Crippen molar-refractivity contribution < 1.29 is 14.3 Å². The van der Waals surface area contributed by atoms with Gasteiger partial charge in [-0.15, -0.1) is 0 Å². The first-order valence-electron chi connectivity index (χ1n) is 11.6. The number of benzene rings is 3. The van der Waals surface area contributed by atoms with Crippen LogP contribution in [0.2, 0.25) is 5.02 Å². The van der Waals surface area contributed by atoms with Crippen molar-refractivity contribution in [2.45, 2.75) is 6.92 Å². The summed E-state index contributed by atoms with van der Waals surface area (Å²) < 4.78 is 5.43. The van der Waals surface area contributed by atoms with Crippen LogP contribution in [0.4, 0.5) is 21.9 Å². The molecule has 0 saturated carbocycles. The second-order valence-electron chi connectivity index (χ2n) is 8.41. The fourth-order valence-electron chi connectivity index (χ4n) is 3.77. The molecule has 0 atom stereocenters. The summed E-state index contributed by atoms with van der Waals surface area (Å²) in [5.41, 5.74) is 3.74. The fraction of sp³-hybridized carbons (Fsp3) is 0.259. The second-order valence-corrected chi connectivity index (χ2v) is 8.85. The Balaban J connectivity index is 1.47. The highest BCUT2D eigenvalue weighted by molar-refractivity contribution is 6.30. The Bertz CT molecular complexity index is 1130. The van der Waals surface area contributed by atoms with Crippen LogP contribution in [0.5, 0.6) is 0 Å². The number of carbonyl (C=O) groups is 2. The first-order chi connectivity index (χ1) is 17.0. The number of urea groups is 1. The molecule has 0 unspecified atom stereocenters. The molecule has 4 rings (SSSR count). The Morgan fingerprint density at radius 1 is 0.886 bits per heavy atom. The molecule has 1 heterocycles. The molecule has 7 nitrogen and oxygen atoms in total. The van der Waals surface area contributed by atoms with E-state index in [0.717, 1.165) is 24.3 Å². The smallest absolute Gasteiger partial charge is 0.326 e. The van der Waals surface area contributed by atoms with Crippen molar-refractivity contribution in [2.24, 2.45) is 0 Å². The number of anilines is 3. The minimum atomic E-state index is -0.252. The molecule has 3 amide bonds. The lowest BCUT2D eigenvalue weighted by molar-refractivity contribution is 0.0393. The SMILES string of the molecule is Cc1ccc(NC(=O)c2ccc(N(CCN3CCOCC3)C(=O)Nc3ccc(Cl)cc3)cc2)cc1. The minimum absolute atomic E-state index is 0.203. The normalized spacial score (nSPS) is 13.8. The molecule has 1 saturated heterocycles. The number of aryl methyl sites for hydroxylation is 1. The van der Waals surface area contributed by atoms with Crippen LogP contribution in [-0.2, 0) is 4.74 Å². The quantitative estimate of drug-likeness (QED) is 0.471. The molecule has 0 aliphatic carbocycles. The third-order valence-electron chi connectivity index (χ3n) is 5.83. The van der Waals surface area contributed by atoms with Gasteiger partial charge in [-0.1, -0.05) is 29.3 Å². The summed E-state index contributed by atoms with van der Waals surface area (Å²) in [6.07, 6.45) is 0. The lowest BCUT2D eigenvalue weighted by Crippen LogP contribution is -2.44. The van der Waals surface area contributed by atoms with Crippen molar-refractivity contribution in [2.75, 3.05) is 54.9 Å². The molecular formula is C27H29ClN4O3. The van der Waals surface area contributed by atoms with Gasteiger partial charge in [0.25, 0.3) is 5.91 Å². The van der Waals surface area contributed by atoms with Gasteiger partial charge in [0.2, 0.25) is 0 Å². The summed E-state index contributed by atoms with van der Waals surface area (Å²) in [6, 6.07) is 21.4. The van der Waals surface area contributed by atoms with E-state index >= 15 is 0 Å². The van der Waals surface area contributed by atoms with E-state index in [0.29, 0.717) is 48.3 Å². The molecule has 0 spiro atoms. The van der Waals surface area contributed by atoms with Crippen LogP contribution in [0.1, 0.15) is 15.9 Å². The minimum Gasteiger partial charge on any atom is -0.379 e. The number of carbonyl (C=O) groups excluding carboxylic acids is 2. The molecule has 182 valence electrons. The summed E-state index contributed by atoms with van der Waals surface area (Å²) >= 11 is 5.97. The Hall–Kier alpha value is -3.39. The summed E-state index contributed by atoms with van der Waals surface area (Å²) in [5, 5.41) is 6.44. The third kappa shape index (κ3) is 7.05. The molecule has 0 aromatic heterocycles. The lowest BCUT2D eigenvalue weighted by atomic mass is 10.1. The molecule has 0 bridgehead atoms. The Morgan fingerprint density at radius 3 is 2.14 bits per heavy atom. The van der Waals surface area contributed by atoms with Gasteiger partial charge in [-0.25, -0.2) is 4.79 Å². The highest BCUT2D eigenvalue weighted by Gasteiger charge is 2.19. The van der Waals surface area contributed by atoms with Gasteiger partial charge in [-0.3, -0.25) is 14.6 Å². The third-order valence-corrected chi connectivity index (χ3v) is 6.09. The standard InChI is InChI=1S/C27H29ClN4O3/c1-20-2-8-23(9-3-20)29-26(33)21-4-12-25(13-5-21)32(15-14-31-16-18-35-19-17-31)27(34)30-24-10-6-22(28)7-11-24/h2-13H,14-19H2,1H3,(H,29,33)(H,30,34). The number of hydrogen-bond acceptors (Lipinski definition) is 4. The van der Waals surface area contributed by atoms with Gasteiger partial charge in [0.15, 0.2) is 0 Å². The molecular weight excluding hydrogens is 464 g/mol. The Morgan fingerprint density at radius 2 is 1.49 bits per heavy atom. The first-order valence-corrected chi connectivity index (χ1v) is 12.0. The van der Waals surface area contributed by atoms with Crippen LogP contribution >= 0.6 is 11.6 Å². The van der Waals surface area contributed by atoms with Crippen molar-refractivity contribution in [3.8, 4) is 0 Å². The molecule has 2 N–H and O–H groups in total. The number of rotatable bonds is 7. The lowest BCUT2D eigenvalue weighted by Gasteiger charge is -2.30. The van der Waals surface area contributed by atoms with Crippen LogP contribution in [-0.4, -0.2) is 56.2 Å². The molecule has 35 heavy (non-hydrogen) atoms. The average Bonchev–Trinajstić information content (AvgIpc) is 2.88. The topological polar surface area (TPSA) is 73.9 Å². The van der Waals surface area contributed by atoms with Crippen LogP contribution in [0.15, 0.2) is 72.8 Å². The van der Waals surface area contributed by atoms with Gasteiger partial charge in [0, 0.05) is 53.8 Å². The molecule has 0 radical (unpaired) electrons. The van der Waals surface area contributed by atoms with Crippen LogP contribution in [0.3, 0.4) is 0 Å². The van der Waals surface area contributed by atoms with Crippen molar-refractivity contribution in [3.05, 3.63) is 88.9 Å². The van der Waals surface area contributed by atoms with Gasteiger partial charge in [-0.2, -0.15) is 0 Å². The second kappa shape index (κ2) is 11.8. The van der Waals surface area contributed by atoms with E-state index in [2.05, 4.69) is 15.5 Å². The maximum Gasteiger partial charge on any atom is 0.326 e. The van der Waals surface area contributed by atoms with E-state index in [9.17, 15) is 9.59 Å². The van der Waals surface area contributed by atoms with Crippen LogP contribution < -0.4 is 15.5 Å². The van der Waals surface area contributed by atoms with E-state index < -0.39 is 0 Å². The molecule has 8 heteroatoms. The number of nitrogens with one attached hydrogen (secondary N) is 2. The van der Waals surface area contributed by atoms with E-state index in [1.807, 2.05) is 31.2 Å². The molecule has 1 fully saturated rings. The molecule has 1 aliphatic rings. The fourth-order valence-corrected chi connectivity index (χ4v) is 3.90. The zero-order valence-electron chi connectivity index (χ0n) is 19.7.